The van der Waals surface area contributed by atoms with Crippen molar-refractivity contribution in [2.75, 3.05) is 43.3 Å². The van der Waals surface area contributed by atoms with Crippen LogP contribution in [0.1, 0.15) is 52.4 Å². The molecule has 0 fully saturated rings. The van der Waals surface area contributed by atoms with Crippen molar-refractivity contribution >= 4 is 28.8 Å². The highest BCUT2D eigenvalue weighted by molar-refractivity contribution is 7.99. The molecule has 0 amide bonds. The second-order valence-electron chi connectivity index (χ2n) is 8.83. The van der Waals surface area contributed by atoms with Crippen molar-refractivity contribution in [2.45, 2.75) is 57.3 Å². The zero-order chi connectivity index (χ0) is 21.6. The Hall–Kier alpha value is -1.81. The summed E-state index contributed by atoms with van der Waals surface area (Å²) in [5, 5.41) is 0. The number of rotatable bonds is 9. The van der Waals surface area contributed by atoms with E-state index in [9.17, 15) is 0 Å². The van der Waals surface area contributed by atoms with Crippen LogP contribution in [0.5, 0.6) is 5.75 Å². The summed E-state index contributed by atoms with van der Waals surface area (Å²) >= 11 is 2.06. The maximum absolute atomic E-state index is 5.42. The molecule has 2 aromatic carbocycles. The first-order valence-electron chi connectivity index (χ1n) is 11.4. The topological polar surface area (TPSA) is 15.7 Å². The van der Waals surface area contributed by atoms with Crippen molar-refractivity contribution < 1.29 is 4.74 Å². The van der Waals surface area contributed by atoms with E-state index in [1.165, 1.54) is 66.2 Å². The average molecular weight is 427 g/mol. The lowest BCUT2D eigenvalue weighted by Crippen LogP contribution is -2.36. The summed E-state index contributed by atoms with van der Waals surface area (Å²) in [4.78, 5) is 6.17. The van der Waals surface area contributed by atoms with Gasteiger partial charge in [-0.25, -0.2) is 0 Å². The van der Waals surface area contributed by atoms with Crippen LogP contribution >= 0.6 is 11.8 Å². The van der Waals surface area contributed by atoms with E-state index < -0.39 is 0 Å². The van der Waals surface area contributed by atoms with Crippen molar-refractivity contribution in [2.24, 2.45) is 5.41 Å². The van der Waals surface area contributed by atoms with Crippen LogP contribution in [0.2, 0.25) is 0 Å². The fourth-order valence-electron chi connectivity index (χ4n) is 4.34. The van der Waals surface area contributed by atoms with E-state index in [4.69, 9.17) is 4.74 Å². The lowest BCUT2D eigenvalue weighted by atomic mass is 9.79. The van der Waals surface area contributed by atoms with Crippen LogP contribution < -0.4 is 14.5 Å². The van der Waals surface area contributed by atoms with Crippen LogP contribution in [0.4, 0.5) is 17.1 Å². The maximum Gasteiger partial charge on any atom is 0.119 e. The summed E-state index contributed by atoms with van der Waals surface area (Å²) in [6.45, 7) is 5.71. The minimum Gasteiger partial charge on any atom is -0.497 e. The predicted octanol–water partition coefficient (Wildman–Crippen LogP) is 7.37. The third-order valence-corrected chi connectivity index (χ3v) is 7.70. The van der Waals surface area contributed by atoms with Gasteiger partial charge in [0.05, 0.1) is 12.8 Å². The molecule has 1 heterocycles. The first kappa shape index (κ1) is 22.9. The van der Waals surface area contributed by atoms with Gasteiger partial charge in [0.15, 0.2) is 0 Å². The van der Waals surface area contributed by atoms with Crippen molar-refractivity contribution in [3.05, 3.63) is 42.5 Å². The average Bonchev–Trinajstić information content (AvgIpc) is 2.93. The Bertz CT molecular complexity index is 795. The monoisotopic (exact) mass is 426 g/mol. The Kier molecular flexibility index (Phi) is 7.99. The Balaban J connectivity index is 2.06. The number of methoxy groups -OCH3 is 1. The number of unbranched alkanes of at least 4 members (excludes halogenated alkanes) is 2. The van der Waals surface area contributed by atoms with Gasteiger partial charge in [-0.2, -0.15) is 0 Å². The number of fused-ring (bicyclic) bond motifs is 1. The van der Waals surface area contributed by atoms with Gasteiger partial charge in [0.25, 0.3) is 0 Å². The van der Waals surface area contributed by atoms with Crippen LogP contribution in [-0.2, 0) is 0 Å². The number of hydrogen-bond donors (Lipinski definition) is 0. The first-order chi connectivity index (χ1) is 14.5. The van der Waals surface area contributed by atoms with Gasteiger partial charge < -0.3 is 14.5 Å². The molecule has 164 valence electrons. The summed E-state index contributed by atoms with van der Waals surface area (Å²) in [6, 6.07) is 15.5. The van der Waals surface area contributed by atoms with E-state index in [2.05, 4.69) is 92.0 Å². The van der Waals surface area contributed by atoms with Gasteiger partial charge in [-0.15, -0.1) is 11.8 Å². The fraction of sp³-hybridized carbons (Fsp3) is 0.538. The van der Waals surface area contributed by atoms with E-state index in [1.807, 2.05) is 0 Å². The molecule has 1 aliphatic heterocycles. The number of thioether (sulfide) groups is 1. The molecule has 0 radical (unpaired) electrons. The molecule has 2 aromatic rings. The number of anilines is 3. The third-order valence-electron chi connectivity index (χ3n) is 6.28. The molecule has 0 aromatic heterocycles. The van der Waals surface area contributed by atoms with Gasteiger partial charge in [-0.1, -0.05) is 39.5 Å². The van der Waals surface area contributed by atoms with E-state index in [1.54, 1.807) is 7.11 Å². The largest absolute Gasteiger partial charge is 0.497 e. The van der Waals surface area contributed by atoms with E-state index in [0.29, 0.717) is 5.41 Å². The van der Waals surface area contributed by atoms with Crippen LogP contribution in [0.3, 0.4) is 0 Å². The highest BCUT2D eigenvalue weighted by Gasteiger charge is 2.36. The highest BCUT2D eigenvalue weighted by atomic mass is 32.2. The molecule has 0 spiro atoms. The maximum atomic E-state index is 5.42. The standard InChI is InChI=1S/C26H38N2OS/c1-6-8-16-26(17-9-7-2)19-28(21-10-13-23(29-5)14-11-21)24-18-22(27(3)4)12-15-25(24)30-20-26/h10-15,18H,6-9,16-17,19-20H2,1-5H3. The van der Waals surface area contributed by atoms with Gasteiger partial charge in [0.1, 0.15) is 5.75 Å². The molecule has 0 bridgehead atoms. The van der Waals surface area contributed by atoms with E-state index in [0.717, 1.165) is 12.3 Å². The molecule has 3 nitrogen and oxygen atoms in total. The molecule has 0 atom stereocenters. The molecular formula is C26H38N2OS. The molecule has 0 N–H and O–H groups in total. The molecule has 1 aliphatic rings. The van der Waals surface area contributed by atoms with Gasteiger partial charge in [0.2, 0.25) is 0 Å². The molecule has 0 saturated carbocycles. The zero-order valence-corrected chi connectivity index (χ0v) is 20.2. The smallest absolute Gasteiger partial charge is 0.119 e. The van der Waals surface area contributed by atoms with Gasteiger partial charge in [0, 0.05) is 42.7 Å². The second-order valence-corrected chi connectivity index (χ2v) is 9.84. The summed E-state index contributed by atoms with van der Waals surface area (Å²) in [5.41, 5.74) is 4.19. The van der Waals surface area contributed by atoms with Crippen LogP contribution in [-0.4, -0.2) is 33.5 Å². The Morgan fingerprint density at radius 3 is 2.23 bits per heavy atom. The predicted molar refractivity (Wildman–Crippen MR) is 133 cm³/mol. The minimum atomic E-state index is 0.341. The molecule has 3 rings (SSSR count). The van der Waals surface area contributed by atoms with E-state index in [-0.39, 0.29) is 0 Å². The Labute approximate surface area is 187 Å². The lowest BCUT2D eigenvalue weighted by molar-refractivity contribution is 0.274. The summed E-state index contributed by atoms with van der Waals surface area (Å²) in [7, 11) is 5.98. The molecule has 4 heteroatoms. The van der Waals surface area contributed by atoms with Crippen LogP contribution in [0.15, 0.2) is 47.4 Å². The molecule has 0 unspecified atom stereocenters. The number of nitrogens with zero attached hydrogens (tertiary/aromatic N) is 2. The summed E-state index contributed by atoms with van der Waals surface area (Å²) < 4.78 is 5.42. The molecule has 30 heavy (non-hydrogen) atoms. The zero-order valence-electron chi connectivity index (χ0n) is 19.4. The van der Waals surface area contributed by atoms with Crippen molar-refractivity contribution in [1.29, 1.82) is 0 Å². The van der Waals surface area contributed by atoms with Crippen LogP contribution in [0, 0.1) is 5.41 Å². The van der Waals surface area contributed by atoms with Crippen molar-refractivity contribution in [1.82, 2.24) is 0 Å². The Morgan fingerprint density at radius 1 is 1.00 bits per heavy atom. The van der Waals surface area contributed by atoms with Gasteiger partial charge in [-0.3, -0.25) is 0 Å². The lowest BCUT2D eigenvalue weighted by Gasteiger charge is -2.38. The van der Waals surface area contributed by atoms with Crippen molar-refractivity contribution in [3.8, 4) is 5.75 Å². The van der Waals surface area contributed by atoms with Crippen LogP contribution in [0.25, 0.3) is 0 Å². The highest BCUT2D eigenvalue weighted by Crippen LogP contribution is 2.48. The summed E-state index contributed by atoms with van der Waals surface area (Å²) in [6.07, 6.45) is 7.74. The first-order valence-corrected chi connectivity index (χ1v) is 12.4. The normalized spacial score (nSPS) is 15.4. The minimum absolute atomic E-state index is 0.341. The Morgan fingerprint density at radius 2 is 1.67 bits per heavy atom. The third kappa shape index (κ3) is 5.26. The second kappa shape index (κ2) is 10.5. The number of hydrogen-bond acceptors (Lipinski definition) is 4. The van der Waals surface area contributed by atoms with E-state index >= 15 is 0 Å². The SMILES string of the molecule is CCCCC1(CCCC)CSc2ccc(N(C)C)cc2N(c2ccc(OC)cc2)C1. The summed E-state index contributed by atoms with van der Waals surface area (Å²) in [5.74, 6) is 2.11. The van der Waals surface area contributed by atoms with Gasteiger partial charge >= 0.3 is 0 Å². The number of ether oxygens (including phenoxy) is 1. The fourth-order valence-corrected chi connectivity index (χ4v) is 5.66. The van der Waals surface area contributed by atoms with Gasteiger partial charge in [-0.05, 0) is 60.7 Å². The molecular weight excluding hydrogens is 388 g/mol. The van der Waals surface area contributed by atoms with Crippen molar-refractivity contribution in [3.63, 3.8) is 0 Å². The molecule has 0 saturated heterocycles. The quantitative estimate of drug-likeness (QED) is 0.416. The number of benzene rings is 2. The molecule has 0 aliphatic carbocycles.